The summed E-state index contributed by atoms with van der Waals surface area (Å²) >= 11 is 1.59. The zero-order chi connectivity index (χ0) is 10.7. The first-order valence-electron chi connectivity index (χ1n) is 5.34. The molecule has 2 N–H and O–H groups in total. The van der Waals surface area contributed by atoms with E-state index >= 15 is 0 Å². The molecule has 0 amide bonds. The lowest BCUT2D eigenvalue weighted by Crippen LogP contribution is -2.38. The van der Waals surface area contributed by atoms with Gasteiger partial charge in [0.15, 0.2) is 0 Å². The average Bonchev–Trinajstić information content (AvgIpc) is 2.66. The number of hydrogen-bond acceptors (Lipinski definition) is 5. The predicted octanol–water partition coefficient (Wildman–Crippen LogP) is 1.51. The zero-order valence-corrected chi connectivity index (χ0v) is 9.80. The predicted molar refractivity (Wildman–Crippen MR) is 62.0 cm³/mol. The number of aromatic nitrogens is 1. The monoisotopic (exact) mass is 227 g/mol. The van der Waals surface area contributed by atoms with E-state index in [0.717, 1.165) is 31.2 Å². The van der Waals surface area contributed by atoms with Crippen LogP contribution in [0.25, 0.3) is 0 Å². The Morgan fingerprint density at radius 2 is 2.60 bits per heavy atom. The molecule has 1 atom stereocenters. The van der Waals surface area contributed by atoms with Gasteiger partial charge in [0.05, 0.1) is 6.61 Å². The molecule has 1 aliphatic rings. The zero-order valence-electron chi connectivity index (χ0n) is 8.98. The Bertz CT molecular complexity index is 313. The summed E-state index contributed by atoms with van der Waals surface area (Å²) in [6.45, 7) is 6.11. The van der Waals surface area contributed by atoms with E-state index in [1.807, 2.05) is 5.38 Å². The lowest BCUT2D eigenvalue weighted by Gasteiger charge is -2.31. The number of thiazole rings is 1. The molecule has 1 aromatic rings. The third-order valence-corrected chi connectivity index (χ3v) is 3.46. The molecule has 4 nitrogen and oxygen atoms in total. The molecule has 1 unspecified atom stereocenters. The van der Waals surface area contributed by atoms with E-state index in [1.54, 1.807) is 11.3 Å². The van der Waals surface area contributed by atoms with Crippen LogP contribution in [-0.2, 0) is 4.74 Å². The topological polar surface area (TPSA) is 51.4 Å². The fourth-order valence-corrected chi connectivity index (χ4v) is 2.57. The third kappa shape index (κ3) is 2.68. The summed E-state index contributed by atoms with van der Waals surface area (Å²) in [5, 5.41) is 2.88. The van der Waals surface area contributed by atoms with Crippen LogP contribution < -0.4 is 5.73 Å². The standard InChI is InChI=1S/C10H17N3OS/c1-2-3-13-4-5-14-8(6-13)10-12-9(11)7-15-10/h7-8H,2-6,11H2,1H3. The molecule has 84 valence electrons. The largest absolute Gasteiger partial charge is 0.383 e. The molecule has 5 heteroatoms. The molecule has 0 aromatic carbocycles. The van der Waals surface area contributed by atoms with Crippen molar-refractivity contribution in [3.8, 4) is 0 Å². The second kappa shape index (κ2) is 4.92. The van der Waals surface area contributed by atoms with Gasteiger partial charge in [-0.3, -0.25) is 4.90 Å². The molecule has 2 rings (SSSR count). The number of nitrogens with two attached hydrogens (primary N) is 1. The first kappa shape index (κ1) is 10.9. The highest BCUT2D eigenvalue weighted by molar-refractivity contribution is 7.10. The normalized spacial score (nSPS) is 23.1. The number of ether oxygens (including phenoxy) is 1. The summed E-state index contributed by atoms with van der Waals surface area (Å²) < 4.78 is 5.70. The molecular weight excluding hydrogens is 210 g/mol. The Kier molecular flexibility index (Phi) is 3.56. The van der Waals surface area contributed by atoms with Crippen LogP contribution in [-0.4, -0.2) is 36.1 Å². The van der Waals surface area contributed by atoms with Gasteiger partial charge in [0.25, 0.3) is 0 Å². The lowest BCUT2D eigenvalue weighted by molar-refractivity contribution is -0.0298. The van der Waals surface area contributed by atoms with E-state index in [0.29, 0.717) is 5.82 Å². The average molecular weight is 227 g/mol. The number of nitrogen functional groups attached to an aromatic ring is 1. The Morgan fingerprint density at radius 3 is 3.27 bits per heavy atom. The highest BCUT2D eigenvalue weighted by atomic mass is 32.1. The van der Waals surface area contributed by atoms with Gasteiger partial charge < -0.3 is 10.5 Å². The van der Waals surface area contributed by atoms with Crippen LogP contribution in [0.15, 0.2) is 5.38 Å². The summed E-state index contributed by atoms with van der Waals surface area (Å²) in [5.74, 6) is 0.603. The van der Waals surface area contributed by atoms with Crippen LogP contribution in [0.3, 0.4) is 0 Å². The third-order valence-electron chi connectivity index (χ3n) is 2.51. The fraction of sp³-hybridized carbons (Fsp3) is 0.700. The van der Waals surface area contributed by atoms with E-state index in [-0.39, 0.29) is 6.10 Å². The van der Waals surface area contributed by atoms with Crippen LogP contribution in [0.5, 0.6) is 0 Å². The van der Waals surface area contributed by atoms with Gasteiger partial charge in [-0.25, -0.2) is 4.98 Å². The summed E-state index contributed by atoms with van der Waals surface area (Å²) in [5.41, 5.74) is 5.61. The van der Waals surface area contributed by atoms with Crippen molar-refractivity contribution < 1.29 is 4.74 Å². The van der Waals surface area contributed by atoms with Crippen molar-refractivity contribution in [3.05, 3.63) is 10.4 Å². The SMILES string of the molecule is CCCN1CCOC(c2nc(N)cs2)C1. The fourth-order valence-electron chi connectivity index (χ4n) is 1.82. The highest BCUT2D eigenvalue weighted by Gasteiger charge is 2.23. The molecule has 0 radical (unpaired) electrons. The molecule has 2 heterocycles. The summed E-state index contributed by atoms with van der Waals surface area (Å²) in [4.78, 5) is 6.70. The summed E-state index contributed by atoms with van der Waals surface area (Å²) in [6.07, 6.45) is 1.31. The highest BCUT2D eigenvalue weighted by Crippen LogP contribution is 2.25. The van der Waals surface area contributed by atoms with Crippen molar-refractivity contribution in [3.63, 3.8) is 0 Å². The minimum Gasteiger partial charge on any atom is -0.383 e. The molecule has 1 aliphatic heterocycles. The van der Waals surface area contributed by atoms with Gasteiger partial charge in [0, 0.05) is 18.5 Å². The van der Waals surface area contributed by atoms with Crippen LogP contribution >= 0.6 is 11.3 Å². The molecule has 15 heavy (non-hydrogen) atoms. The van der Waals surface area contributed by atoms with Gasteiger partial charge in [0.2, 0.25) is 0 Å². The van der Waals surface area contributed by atoms with Crippen molar-refractivity contribution in [2.24, 2.45) is 0 Å². The molecule has 0 saturated carbocycles. The van der Waals surface area contributed by atoms with Crippen molar-refractivity contribution in [1.29, 1.82) is 0 Å². The number of hydrogen-bond donors (Lipinski definition) is 1. The van der Waals surface area contributed by atoms with Gasteiger partial charge >= 0.3 is 0 Å². The quantitative estimate of drug-likeness (QED) is 0.850. The summed E-state index contributed by atoms with van der Waals surface area (Å²) in [6, 6.07) is 0. The number of morpholine rings is 1. The smallest absolute Gasteiger partial charge is 0.134 e. The minimum absolute atomic E-state index is 0.118. The van der Waals surface area contributed by atoms with Gasteiger partial charge in [-0.15, -0.1) is 11.3 Å². The van der Waals surface area contributed by atoms with Gasteiger partial charge in [-0.1, -0.05) is 6.92 Å². The van der Waals surface area contributed by atoms with Crippen LogP contribution in [0, 0.1) is 0 Å². The molecular formula is C10H17N3OS. The Labute approximate surface area is 94.1 Å². The number of anilines is 1. The van der Waals surface area contributed by atoms with Crippen molar-refractivity contribution in [2.45, 2.75) is 19.4 Å². The van der Waals surface area contributed by atoms with E-state index in [1.165, 1.54) is 6.42 Å². The Morgan fingerprint density at radius 1 is 1.73 bits per heavy atom. The maximum absolute atomic E-state index is 5.70. The number of nitrogens with zero attached hydrogens (tertiary/aromatic N) is 2. The number of rotatable bonds is 3. The van der Waals surface area contributed by atoms with E-state index in [2.05, 4.69) is 16.8 Å². The Hall–Kier alpha value is -0.650. The van der Waals surface area contributed by atoms with Crippen molar-refractivity contribution >= 4 is 17.2 Å². The minimum atomic E-state index is 0.118. The molecule has 1 saturated heterocycles. The van der Waals surface area contributed by atoms with E-state index < -0.39 is 0 Å². The first-order valence-corrected chi connectivity index (χ1v) is 6.22. The molecule has 0 bridgehead atoms. The van der Waals surface area contributed by atoms with Crippen LogP contribution in [0.4, 0.5) is 5.82 Å². The van der Waals surface area contributed by atoms with Gasteiger partial charge in [-0.05, 0) is 13.0 Å². The lowest BCUT2D eigenvalue weighted by atomic mass is 10.2. The van der Waals surface area contributed by atoms with Gasteiger partial charge in [0.1, 0.15) is 16.9 Å². The Balaban J connectivity index is 1.98. The molecule has 0 spiro atoms. The van der Waals surface area contributed by atoms with Crippen molar-refractivity contribution in [2.75, 3.05) is 32.0 Å². The van der Waals surface area contributed by atoms with E-state index in [4.69, 9.17) is 10.5 Å². The first-order chi connectivity index (χ1) is 7.29. The van der Waals surface area contributed by atoms with E-state index in [9.17, 15) is 0 Å². The second-order valence-electron chi connectivity index (χ2n) is 3.77. The van der Waals surface area contributed by atoms with Crippen LogP contribution in [0.1, 0.15) is 24.5 Å². The van der Waals surface area contributed by atoms with Gasteiger partial charge in [-0.2, -0.15) is 0 Å². The molecule has 0 aliphatic carbocycles. The van der Waals surface area contributed by atoms with Crippen molar-refractivity contribution in [1.82, 2.24) is 9.88 Å². The maximum Gasteiger partial charge on any atom is 0.134 e. The maximum atomic E-state index is 5.70. The molecule has 1 fully saturated rings. The second-order valence-corrected chi connectivity index (χ2v) is 4.66. The van der Waals surface area contributed by atoms with Crippen LogP contribution in [0.2, 0.25) is 0 Å². The molecule has 1 aromatic heterocycles. The summed E-state index contributed by atoms with van der Waals surface area (Å²) in [7, 11) is 0.